The van der Waals surface area contributed by atoms with Crippen molar-refractivity contribution in [2.24, 2.45) is 5.14 Å². The minimum Gasteiger partial charge on any atom is -0.378 e. The van der Waals surface area contributed by atoms with Gasteiger partial charge in [0.25, 0.3) is 10.2 Å². The molecule has 0 radical (unpaired) electrons. The Kier molecular flexibility index (Phi) is 4.03. The average Bonchev–Trinajstić information content (AvgIpc) is 2.71. The number of thiazole rings is 1. The highest BCUT2D eigenvalue weighted by Crippen LogP contribution is 2.17. The van der Waals surface area contributed by atoms with Gasteiger partial charge in [0.1, 0.15) is 5.01 Å². The lowest BCUT2D eigenvalue weighted by Crippen LogP contribution is -2.21. The summed E-state index contributed by atoms with van der Waals surface area (Å²) in [5.74, 6) is 0. The Morgan fingerprint density at radius 1 is 1.37 bits per heavy atom. The van der Waals surface area contributed by atoms with Crippen molar-refractivity contribution in [1.82, 2.24) is 4.98 Å². The van der Waals surface area contributed by atoms with E-state index in [9.17, 15) is 8.42 Å². The third kappa shape index (κ3) is 4.51. The van der Waals surface area contributed by atoms with Crippen molar-refractivity contribution in [2.45, 2.75) is 13.5 Å². The maximum atomic E-state index is 10.9. The summed E-state index contributed by atoms with van der Waals surface area (Å²) in [5, 5.41) is 11.0. The SMILES string of the molecule is Cc1csc(CNc2cccc(NS(N)(=O)=O)c2)n1. The van der Waals surface area contributed by atoms with E-state index < -0.39 is 10.2 Å². The Labute approximate surface area is 115 Å². The molecule has 0 fully saturated rings. The number of aromatic nitrogens is 1. The van der Waals surface area contributed by atoms with Crippen LogP contribution in [0.25, 0.3) is 0 Å². The smallest absolute Gasteiger partial charge is 0.296 e. The van der Waals surface area contributed by atoms with Crippen molar-refractivity contribution in [3.05, 3.63) is 40.3 Å². The van der Waals surface area contributed by atoms with E-state index in [0.29, 0.717) is 12.2 Å². The number of nitrogens with two attached hydrogens (primary N) is 1. The first-order valence-electron chi connectivity index (χ1n) is 5.48. The van der Waals surface area contributed by atoms with Crippen LogP contribution in [0.5, 0.6) is 0 Å². The van der Waals surface area contributed by atoms with Crippen LogP contribution in [-0.2, 0) is 16.8 Å². The first kappa shape index (κ1) is 13.8. The minimum atomic E-state index is -3.75. The second-order valence-electron chi connectivity index (χ2n) is 3.96. The molecule has 0 spiro atoms. The van der Waals surface area contributed by atoms with Crippen LogP contribution in [0.1, 0.15) is 10.7 Å². The predicted octanol–water partition coefficient (Wildman–Crippen LogP) is 1.68. The monoisotopic (exact) mass is 298 g/mol. The lowest BCUT2D eigenvalue weighted by Gasteiger charge is -2.07. The average molecular weight is 298 g/mol. The van der Waals surface area contributed by atoms with E-state index in [1.807, 2.05) is 18.4 Å². The highest BCUT2D eigenvalue weighted by atomic mass is 32.2. The number of hydrogen-bond acceptors (Lipinski definition) is 5. The van der Waals surface area contributed by atoms with Crippen LogP contribution in [0, 0.1) is 6.92 Å². The van der Waals surface area contributed by atoms with E-state index >= 15 is 0 Å². The third-order valence-electron chi connectivity index (χ3n) is 2.23. The lowest BCUT2D eigenvalue weighted by molar-refractivity contribution is 0.603. The highest BCUT2D eigenvalue weighted by molar-refractivity contribution is 7.90. The summed E-state index contributed by atoms with van der Waals surface area (Å²) in [6, 6.07) is 6.88. The summed E-state index contributed by atoms with van der Waals surface area (Å²) >= 11 is 1.58. The summed E-state index contributed by atoms with van der Waals surface area (Å²) in [4.78, 5) is 4.33. The van der Waals surface area contributed by atoms with Crippen LogP contribution in [0.15, 0.2) is 29.6 Å². The molecule has 2 rings (SSSR count). The molecule has 102 valence electrons. The molecule has 4 N–H and O–H groups in total. The van der Waals surface area contributed by atoms with Gasteiger partial charge in [-0.05, 0) is 25.1 Å². The van der Waals surface area contributed by atoms with Crippen LogP contribution in [0.4, 0.5) is 11.4 Å². The molecular formula is C11H14N4O2S2. The van der Waals surface area contributed by atoms with E-state index in [4.69, 9.17) is 5.14 Å². The number of nitrogens with zero attached hydrogens (tertiary/aromatic N) is 1. The summed E-state index contributed by atoms with van der Waals surface area (Å²) in [7, 11) is -3.75. The van der Waals surface area contributed by atoms with Gasteiger partial charge < -0.3 is 5.32 Å². The van der Waals surface area contributed by atoms with Gasteiger partial charge in [-0.2, -0.15) is 8.42 Å². The molecule has 6 nitrogen and oxygen atoms in total. The van der Waals surface area contributed by atoms with Crippen molar-refractivity contribution in [3.63, 3.8) is 0 Å². The number of nitrogens with one attached hydrogen (secondary N) is 2. The van der Waals surface area contributed by atoms with E-state index in [1.54, 1.807) is 29.5 Å². The molecule has 2 aromatic rings. The zero-order valence-corrected chi connectivity index (χ0v) is 11.9. The highest BCUT2D eigenvalue weighted by Gasteiger charge is 2.03. The molecule has 1 aromatic heterocycles. The zero-order chi connectivity index (χ0) is 13.9. The molecule has 0 atom stereocenters. The summed E-state index contributed by atoms with van der Waals surface area (Å²) in [6.07, 6.45) is 0. The van der Waals surface area contributed by atoms with Crippen LogP contribution in [0.3, 0.4) is 0 Å². The molecule has 0 aliphatic heterocycles. The van der Waals surface area contributed by atoms with Crippen molar-refractivity contribution in [1.29, 1.82) is 0 Å². The van der Waals surface area contributed by atoms with Gasteiger partial charge in [-0.1, -0.05) is 6.07 Å². The number of benzene rings is 1. The first-order valence-corrected chi connectivity index (χ1v) is 7.90. The van der Waals surface area contributed by atoms with E-state index in [1.165, 1.54) is 0 Å². The second kappa shape index (κ2) is 5.55. The Balaban J connectivity index is 2.03. The molecule has 0 unspecified atom stereocenters. The maximum Gasteiger partial charge on any atom is 0.296 e. The van der Waals surface area contributed by atoms with Gasteiger partial charge in [0.15, 0.2) is 0 Å². The molecule has 0 bridgehead atoms. The fraction of sp³-hybridized carbons (Fsp3) is 0.182. The second-order valence-corrected chi connectivity index (χ2v) is 6.20. The fourth-order valence-corrected chi connectivity index (χ4v) is 2.69. The lowest BCUT2D eigenvalue weighted by atomic mass is 10.3. The normalized spacial score (nSPS) is 11.3. The van der Waals surface area contributed by atoms with Gasteiger partial charge in [0.05, 0.1) is 12.2 Å². The number of anilines is 2. The Hall–Kier alpha value is -1.64. The van der Waals surface area contributed by atoms with Crippen LogP contribution >= 0.6 is 11.3 Å². The molecule has 0 aliphatic carbocycles. The molecule has 19 heavy (non-hydrogen) atoms. The van der Waals surface area contributed by atoms with Gasteiger partial charge in [-0.3, -0.25) is 4.72 Å². The van der Waals surface area contributed by atoms with Crippen molar-refractivity contribution in [2.75, 3.05) is 10.0 Å². The Morgan fingerprint density at radius 3 is 2.74 bits per heavy atom. The first-order chi connectivity index (χ1) is 8.92. The molecule has 0 saturated heterocycles. The van der Waals surface area contributed by atoms with Crippen LogP contribution in [-0.4, -0.2) is 13.4 Å². The summed E-state index contributed by atoms with van der Waals surface area (Å²) < 4.78 is 24.1. The molecule has 0 amide bonds. The molecular weight excluding hydrogens is 284 g/mol. The van der Waals surface area contributed by atoms with E-state index in [-0.39, 0.29) is 0 Å². The number of rotatable bonds is 5. The van der Waals surface area contributed by atoms with Gasteiger partial charge in [-0.25, -0.2) is 10.1 Å². The van der Waals surface area contributed by atoms with E-state index in [0.717, 1.165) is 16.4 Å². The molecule has 0 saturated carbocycles. The largest absolute Gasteiger partial charge is 0.378 e. The van der Waals surface area contributed by atoms with Gasteiger partial charge >= 0.3 is 0 Å². The standard InChI is InChI=1S/C11H14N4O2S2/c1-8-7-18-11(14-8)6-13-9-3-2-4-10(5-9)15-19(12,16)17/h2-5,7,13,15H,6H2,1H3,(H2,12,16,17). The molecule has 1 heterocycles. The zero-order valence-electron chi connectivity index (χ0n) is 10.3. The molecule has 0 aliphatic rings. The Bertz CT molecular complexity index is 667. The van der Waals surface area contributed by atoms with Crippen LogP contribution in [0.2, 0.25) is 0 Å². The minimum absolute atomic E-state index is 0.419. The Morgan fingerprint density at radius 2 is 2.11 bits per heavy atom. The summed E-state index contributed by atoms with van der Waals surface area (Å²) in [6.45, 7) is 2.54. The third-order valence-corrected chi connectivity index (χ3v) is 3.72. The van der Waals surface area contributed by atoms with Gasteiger partial charge in [-0.15, -0.1) is 11.3 Å². The quantitative estimate of drug-likeness (QED) is 0.782. The molecule has 1 aromatic carbocycles. The topological polar surface area (TPSA) is 97.1 Å². The van der Waals surface area contributed by atoms with Crippen molar-refractivity contribution < 1.29 is 8.42 Å². The van der Waals surface area contributed by atoms with Gasteiger partial charge in [0.2, 0.25) is 0 Å². The number of aryl methyl sites for hydroxylation is 1. The molecule has 8 heteroatoms. The fourth-order valence-electron chi connectivity index (χ4n) is 1.52. The van der Waals surface area contributed by atoms with Crippen molar-refractivity contribution in [3.8, 4) is 0 Å². The maximum absolute atomic E-state index is 10.9. The van der Waals surface area contributed by atoms with Gasteiger partial charge in [0, 0.05) is 16.8 Å². The van der Waals surface area contributed by atoms with Crippen LogP contribution < -0.4 is 15.2 Å². The van der Waals surface area contributed by atoms with E-state index in [2.05, 4.69) is 15.0 Å². The van der Waals surface area contributed by atoms with Crippen molar-refractivity contribution >= 4 is 32.9 Å². The summed E-state index contributed by atoms with van der Waals surface area (Å²) in [5.41, 5.74) is 2.20. The predicted molar refractivity (Wildman–Crippen MR) is 77.3 cm³/mol. The number of hydrogen-bond donors (Lipinski definition) is 3.